The molecule has 0 atom stereocenters. The fourth-order valence-electron chi connectivity index (χ4n) is 4.17. The quantitative estimate of drug-likeness (QED) is 0.395. The lowest BCUT2D eigenvalue weighted by atomic mass is 10.1. The molecule has 0 fully saturated rings. The number of carboxylic acids is 1. The maximum absolute atomic E-state index is 13.3. The Kier molecular flexibility index (Phi) is 6.47. The summed E-state index contributed by atoms with van der Waals surface area (Å²) in [4.78, 5) is 57.0. The number of aliphatic imine (C=N–C) groups is 1. The molecule has 0 spiro atoms. The zero-order valence-corrected chi connectivity index (χ0v) is 20.1. The lowest BCUT2D eigenvalue weighted by molar-refractivity contribution is -0.137. The predicted octanol–water partition coefficient (Wildman–Crippen LogP) is 1.41. The van der Waals surface area contributed by atoms with Gasteiger partial charge >= 0.3 is 5.97 Å². The zero-order valence-electron chi connectivity index (χ0n) is 20.1. The largest absolute Gasteiger partial charge is 0.481 e. The average molecular weight is 491 g/mol. The summed E-state index contributed by atoms with van der Waals surface area (Å²) in [6.07, 6.45) is -0.288. The Morgan fingerprint density at radius 1 is 1.08 bits per heavy atom. The van der Waals surface area contributed by atoms with E-state index in [9.17, 15) is 19.2 Å². The number of aromatic nitrogens is 2. The highest BCUT2D eigenvalue weighted by molar-refractivity contribution is 6.10. The van der Waals surface area contributed by atoms with Gasteiger partial charge in [0.05, 0.1) is 29.0 Å². The average Bonchev–Trinajstić information content (AvgIpc) is 3.03. The van der Waals surface area contributed by atoms with E-state index in [2.05, 4.69) is 4.99 Å². The van der Waals surface area contributed by atoms with E-state index in [1.165, 1.54) is 20.5 Å². The summed E-state index contributed by atoms with van der Waals surface area (Å²) >= 11 is 0. The number of carbonyl (C=O) groups excluding carboxylic acids is 2. The molecule has 0 radical (unpaired) electrons. The molecular weight excluding hydrogens is 464 g/mol. The van der Waals surface area contributed by atoms with Gasteiger partial charge in [-0.3, -0.25) is 23.9 Å². The van der Waals surface area contributed by atoms with Crippen LogP contribution < -0.4 is 16.2 Å². The fourth-order valence-corrected chi connectivity index (χ4v) is 4.17. The minimum absolute atomic E-state index is 0.0176. The molecule has 11 nitrogen and oxygen atoms in total. The highest BCUT2D eigenvalue weighted by Gasteiger charge is 2.30. The van der Waals surface area contributed by atoms with Crippen LogP contribution in [-0.4, -0.2) is 63.1 Å². The van der Waals surface area contributed by atoms with Crippen molar-refractivity contribution < 1.29 is 19.5 Å². The molecule has 3 aromatic rings. The number of benzene rings is 2. The van der Waals surface area contributed by atoms with Gasteiger partial charge in [0.2, 0.25) is 5.91 Å². The van der Waals surface area contributed by atoms with Crippen molar-refractivity contribution in [2.24, 2.45) is 17.8 Å². The Hall–Kier alpha value is -4.67. The second kappa shape index (κ2) is 9.53. The first-order valence-electron chi connectivity index (χ1n) is 11.2. The molecule has 0 unspecified atom stereocenters. The van der Waals surface area contributed by atoms with Crippen molar-refractivity contribution in [3.63, 3.8) is 0 Å². The Bertz CT molecular complexity index is 1450. The number of aliphatic carboxylic acids is 1. The van der Waals surface area contributed by atoms with Crippen LogP contribution in [0.2, 0.25) is 0 Å². The number of amidine groups is 1. The van der Waals surface area contributed by atoms with Crippen LogP contribution in [0.5, 0.6) is 0 Å². The molecule has 2 heterocycles. The number of anilines is 1. The normalized spacial score (nSPS) is 14.1. The molecule has 2 amide bonds. The van der Waals surface area contributed by atoms with E-state index in [1.54, 1.807) is 37.8 Å². The van der Waals surface area contributed by atoms with Crippen molar-refractivity contribution in [2.75, 3.05) is 25.0 Å². The van der Waals surface area contributed by atoms with Gasteiger partial charge in [-0.2, -0.15) is 0 Å². The van der Waals surface area contributed by atoms with Crippen molar-refractivity contribution in [2.45, 2.75) is 13.3 Å². The third kappa shape index (κ3) is 4.38. The molecule has 2 aromatic carbocycles. The summed E-state index contributed by atoms with van der Waals surface area (Å²) in [5.74, 6) is -1.92. The lowest BCUT2D eigenvalue weighted by Crippen LogP contribution is -2.38. The highest BCUT2D eigenvalue weighted by Crippen LogP contribution is 2.29. The number of hydrogen-bond acceptors (Lipinski definition) is 5. The number of carboxylic acid groups (broad SMARTS) is 1. The van der Waals surface area contributed by atoms with E-state index < -0.39 is 11.9 Å². The summed E-state index contributed by atoms with van der Waals surface area (Å²) in [5, 5.41) is 9.01. The Morgan fingerprint density at radius 2 is 1.78 bits per heavy atom. The van der Waals surface area contributed by atoms with Crippen molar-refractivity contribution in [3.8, 4) is 5.69 Å². The number of rotatable bonds is 6. The number of likely N-dealkylation sites (N-methyl/N-ethyl adjacent to an activating group) is 1. The topological polar surface area (TPSA) is 143 Å². The molecule has 0 saturated carbocycles. The van der Waals surface area contributed by atoms with Gasteiger partial charge < -0.3 is 20.6 Å². The Labute approximate surface area is 206 Å². The van der Waals surface area contributed by atoms with Gasteiger partial charge in [-0.15, -0.1) is 0 Å². The lowest BCUT2D eigenvalue weighted by Gasteiger charge is -2.18. The number of carbonyl (C=O) groups is 3. The van der Waals surface area contributed by atoms with Crippen LogP contribution in [0.25, 0.3) is 5.69 Å². The first-order valence-corrected chi connectivity index (χ1v) is 11.2. The molecule has 0 bridgehead atoms. The van der Waals surface area contributed by atoms with Gasteiger partial charge in [-0.05, 0) is 37.3 Å². The predicted molar refractivity (Wildman–Crippen MR) is 134 cm³/mol. The first kappa shape index (κ1) is 24.5. The maximum Gasteiger partial charge on any atom is 0.305 e. The van der Waals surface area contributed by atoms with Crippen LogP contribution >= 0.6 is 0 Å². The smallest absolute Gasteiger partial charge is 0.305 e. The molecule has 1 aromatic heterocycles. The third-order valence-corrected chi connectivity index (χ3v) is 6.21. The molecule has 11 heteroatoms. The number of para-hydroxylation sites is 1. The van der Waals surface area contributed by atoms with Gasteiger partial charge in [0, 0.05) is 26.3 Å². The van der Waals surface area contributed by atoms with E-state index in [4.69, 9.17) is 10.8 Å². The minimum atomic E-state index is -1.07. The third-order valence-electron chi connectivity index (χ3n) is 6.21. The van der Waals surface area contributed by atoms with Gasteiger partial charge in [0.1, 0.15) is 17.9 Å². The zero-order chi connectivity index (χ0) is 26.1. The SMILES string of the molecule is Cc1c(C(N)=Nc2ccc3c(c2)C(=O)N(CCC(=O)O)CC(=O)N3C)c(=O)n(-c2ccccc2)n1C. The van der Waals surface area contributed by atoms with E-state index in [1.807, 2.05) is 30.3 Å². The number of nitrogens with zero attached hydrogens (tertiary/aromatic N) is 5. The molecule has 4 rings (SSSR count). The summed E-state index contributed by atoms with van der Waals surface area (Å²) in [6, 6.07) is 13.8. The van der Waals surface area contributed by atoms with Gasteiger partial charge in [0.25, 0.3) is 11.5 Å². The molecular formula is C25H26N6O5. The van der Waals surface area contributed by atoms with Crippen LogP contribution in [0.3, 0.4) is 0 Å². The van der Waals surface area contributed by atoms with E-state index in [-0.39, 0.29) is 47.9 Å². The summed E-state index contributed by atoms with van der Waals surface area (Å²) in [6.45, 7) is 1.42. The Balaban J connectivity index is 1.75. The van der Waals surface area contributed by atoms with E-state index in [0.717, 1.165) is 0 Å². The molecule has 1 aliphatic heterocycles. The number of amides is 2. The van der Waals surface area contributed by atoms with Gasteiger partial charge in [-0.25, -0.2) is 9.67 Å². The van der Waals surface area contributed by atoms with Crippen LogP contribution in [0, 0.1) is 6.92 Å². The van der Waals surface area contributed by atoms with Gasteiger partial charge in [0.15, 0.2) is 0 Å². The molecule has 36 heavy (non-hydrogen) atoms. The highest BCUT2D eigenvalue weighted by atomic mass is 16.4. The molecule has 0 aliphatic carbocycles. The van der Waals surface area contributed by atoms with E-state index >= 15 is 0 Å². The van der Waals surface area contributed by atoms with Gasteiger partial charge in [-0.1, -0.05) is 18.2 Å². The minimum Gasteiger partial charge on any atom is -0.481 e. The molecule has 3 N–H and O–H groups in total. The summed E-state index contributed by atoms with van der Waals surface area (Å²) in [7, 11) is 3.30. The standard InChI is InChI=1S/C25H26N6O5/c1-15-22(25(36)31(29(15)3)17-7-5-4-6-8-17)23(26)27-16-9-10-19-18(13-16)24(35)30(12-11-21(33)34)14-20(32)28(19)2/h4-10,13H,11-12,14H2,1-3H3,(H2,26,27)(H,33,34). The van der Waals surface area contributed by atoms with Crippen LogP contribution in [-0.2, 0) is 16.6 Å². The van der Waals surface area contributed by atoms with Crippen molar-refractivity contribution in [1.29, 1.82) is 0 Å². The van der Waals surface area contributed by atoms with Crippen molar-refractivity contribution in [3.05, 3.63) is 75.7 Å². The Morgan fingerprint density at radius 3 is 2.44 bits per heavy atom. The number of hydrogen-bond donors (Lipinski definition) is 2. The number of nitrogens with two attached hydrogens (primary N) is 1. The van der Waals surface area contributed by atoms with Crippen LogP contribution in [0.4, 0.5) is 11.4 Å². The molecule has 186 valence electrons. The summed E-state index contributed by atoms with van der Waals surface area (Å²) in [5.41, 5.74) is 8.36. The van der Waals surface area contributed by atoms with Crippen LogP contribution in [0.1, 0.15) is 28.0 Å². The fraction of sp³-hybridized carbons (Fsp3) is 0.240. The van der Waals surface area contributed by atoms with E-state index in [0.29, 0.717) is 22.8 Å². The monoisotopic (exact) mass is 490 g/mol. The molecule has 1 aliphatic rings. The van der Waals surface area contributed by atoms with Crippen molar-refractivity contribution >= 4 is 35.0 Å². The second-order valence-corrected chi connectivity index (χ2v) is 8.46. The van der Waals surface area contributed by atoms with Crippen molar-refractivity contribution in [1.82, 2.24) is 14.3 Å². The summed E-state index contributed by atoms with van der Waals surface area (Å²) < 4.78 is 3.19. The van der Waals surface area contributed by atoms with Crippen LogP contribution in [0.15, 0.2) is 58.3 Å². The molecule has 0 saturated heterocycles. The first-order chi connectivity index (χ1) is 17.1. The number of fused-ring (bicyclic) bond motifs is 1. The maximum atomic E-state index is 13.3. The second-order valence-electron chi connectivity index (χ2n) is 8.46.